The molecule has 0 amide bonds. The predicted octanol–water partition coefficient (Wildman–Crippen LogP) is 3.07. The van der Waals surface area contributed by atoms with Gasteiger partial charge in [-0.15, -0.1) is 0 Å². The summed E-state index contributed by atoms with van der Waals surface area (Å²) in [6.07, 6.45) is 0. The Morgan fingerprint density at radius 2 is 1.77 bits per heavy atom. The zero-order chi connectivity index (χ0) is 16.2. The lowest BCUT2D eigenvalue weighted by Gasteiger charge is -2.12. The summed E-state index contributed by atoms with van der Waals surface area (Å²) in [5, 5.41) is 0.370. The predicted molar refractivity (Wildman–Crippen MR) is 85.5 cm³/mol. The van der Waals surface area contributed by atoms with Crippen molar-refractivity contribution in [3.63, 3.8) is 0 Å². The number of anilines is 1. The first kappa shape index (κ1) is 16.3. The maximum atomic E-state index is 12.3. The number of methoxy groups -OCH3 is 1. The number of hydrogen-bond donors (Lipinski definition) is 1. The first-order valence-corrected chi connectivity index (χ1v) is 8.37. The van der Waals surface area contributed by atoms with Crippen LogP contribution in [-0.2, 0) is 20.5 Å². The molecule has 116 valence electrons. The summed E-state index contributed by atoms with van der Waals surface area (Å²) in [5.74, 6) is -0.904. The second-order valence-electron chi connectivity index (χ2n) is 4.49. The topological polar surface area (TPSA) is 72.5 Å². The molecule has 0 saturated carbocycles. The molecule has 0 aliphatic carbocycles. The molecule has 7 heteroatoms. The summed E-state index contributed by atoms with van der Waals surface area (Å²) in [7, 11) is -2.48. The van der Waals surface area contributed by atoms with E-state index in [-0.39, 0.29) is 17.0 Å². The van der Waals surface area contributed by atoms with E-state index in [1.54, 1.807) is 36.4 Å². The van der Waals surface area contributed by atoms with Crippen LogP contribution < -0.4 is 4.72 Å². The molecule has 1 N–H and O–H groups in total. The second kappa shape index (κ2) is 6.81. The molecular weight excluding hydrogens is 326 g/mol. The van der Waals surface area contributed by atoms with Crippen molar-refractivity contribution in [2.24, 2.45) is 0 Å². The van der Waals surface area contributed by atoms with Gasteiger partial charge in [0, 0.05) is 5.02 Å². The van der Waals surface area contributed by atoms with Gasteiger partial charge >= 0.3 is 5.97 Å². The largest absolute Gasteiger partial charge is 0.465 e. The molecule has 0 fully saturated rings. The van der Waals surface area contributed by atoms with E-state index in [1.807, 2.05) is 0 Å². The molecule has 0 bridgehead atoms. The fourth-order valence-electron chi connectivity index (χ4n) is 1.88. The van der Waals surface area contributed by atoms with Crippen molar-refractivity contribution in [1.29, 1.82) is 0 Å². The van der Waals surface area contributed by atoms with Crippen molar-refractivity contribution in [2.75, 3.05) is 11.8 Å². The van der Waals surface area contributed by atoms with Crippen molar-refractivity contribution in [2.45, 2.75) is 5.75 Å². The van der Waals surface area contributed by atoms with Gasteiger partial charge in [-0.3, -0.25) is 4.72 Å². The minimum Gasteiger partial charge on any atom is -0.465 e. The Morgan fingerprint density at radius 3 is 2.45 bits per heavy atom. The quantitative estimate of drug-likeness (QED) is 0.850. The van der Waals surface area contributed by atoms with E-state index < -0.39 is 16.0 Å². The zero-order valence-electron chi connectivity index (χ0n) is 11.7. The standard InChI is InChI=1S/C15H14ClNO4S/c1-21-15(18)12-7-3-5-9-14(12)17-22(19,20)10-11-6-2-4-8-13(11)16/h2-9,17H,10H2,1H3. The van der Waals surface area contributed by atoms with Crippen LogP contribution in [0.4, 0.5) is 5.69 Å². The maximum absolute atomic E-state index is 12.3. The van der Waals surface area contributed by atoms with Gasteiger partial charge in [-0.05, 0) is 23.8 Å². The van der Waals surface area contributed by atoms with Crippen LogP contribution in [0.5, 0.6) is 0 Å². The highest BCUT2D eigenvalue weighted by Crippen LogP contribution is 2.21. The number of rotatable bonds is 5. The molecule has 0 radical (unpaired) electrons. The number of carbonyl (C=O) groups excluding carboxylic acids is 1. The van der Waals surface area contributed by atoms with E-state index in [2.05, 4.69) is 9.46 Å². The minimum atomic E-state index is -3.72. The number of nitrogens with one attached hydrogen (secondary N) is 1. The summed E-state index contributed by atoms with van der Waals surface area (Å²) in [5.41, 5.74) is 0.793. The van der Waals surface area contributed by atoms with E-state index in [1.165, 1.54) is 19.2 Å². The number of para-hydroxylation sites is 1. The van der Waals surface area contributed by atoms with Gasteiger partial charge in [-0.2, -0.15) is 0 Å². The number of benzene rings is 2. The Balaban J connectivity index is 2.27. The Hall–Kier alpha value is -2.05. The maximum Gasteiger partial charge on any atom is 0.339 e. The van der Waals surface area contributed by atoms with E-state index in [0.29, 0.717) is 10.6 Å². The summed E-state index contributed by atoms with van der Waals surface area (Å²) >= 11 is 5.97. The molecule has 0 aliphatic rings. The summed E-state index contributed by atoms with van der Waals surface area (Å²) < 4.78 is 31.6. The van der Waals surface area contributed by atoms with Crippen LogP contribution in [0, 0.1) is 0 Å². The Bertz CT molecular complexity index is 790. The molecule has 2 aromatic carbocycles. The molecule has 0 unspecified atom stereocenters. The van der Waals surface area contributed by atoms with Gasteiger partial charge in [-0.25, -0.2) is 13.2 Å². The summed E-state index contributed by atoms with van der Waals surface area (Å²) in [6.45, 7) is 0. The zero-order valence-corrected chi connectivity index (χ0v) is 13.3. The van der Waals surface area contributed by atoms with Crippen molar-refractivity contribution in [3.8, 4) is 0 Å². The molecule has 0 heterocycles. The van der Waals surface area contributed by atoms with Crippen LogP contribution in [0.25, 0.3) is 0 Å². The molecule has 2 aromatic rings. The Kier molecular flexibility index (Phi) is 5.05. The van der Waals surface area contributed by atoms with Crippen LogP contribution >= 0.6 is 11.6 Å². The fourth-order valence-corrected chi connectivity index (χ4v) is 3.41. The third-order valence-corrected chi connectivity index (χ3v) is 4.49. The van der Waals surface area contributed by atoms with E-state index >= 15 is 0 Å². The van der Waals surface area contributed by atoms with Crippen LogP contribution in [0.2, 0.25) is 5.02 Å². The Labute approximate surface area is 133 Å². The molecule has 2 rings (SSSR count). The SMILES string of the molecule is COC(=O)c1ccccc1NS(=O)(=O)Cc1ccccc1Cl. The van der Waals surface area contributed by atoms with Crippen molar-refractivity contribution < 1.29 is 17.9 Å². The first-order chi connectivity index (χ1) is 10.4. The van der Waals surface area contributed by atoms with Gasteiger partial charge in [0.15, 0.2) is 0 Å². The van der Waals surface area contributed by atoms with Crippen LogP contribution in [0.15, 0.2) is 48.5 Å². The smallest absolute Gasteiger partial charge is 0.339 e. The Morgan fingerprint density at radius 1 is 1.14 bits per heavy atom. The third-order valence-electron chi connectivity index (χ3n) is 2.90. The number of hydrogen-bond acceptors (Lipinski definition) is 4. The molecular formula is C15H14ClNO4S. The van der Waals surface area contributed by atoms with Gasteiger partial charge in [0.1, 0.15) is 0 Å². The monoisotopic (exact) mass is 339 g/mol. The van der Waals surface area contributed by atoms with E-state index in [4.69, 9.17) is 11.6 Å². The molecule has 0 atom stereocenters. The van der Waals surface area contributed by atoms with Crippen LogP contribution in [0.1, 0.15) is 15.9 Å². The van der Waals surface area contributed by atoms with Crippen LogP contribution in [0.3, 0.4) is 0 Å². The third kappa shape index (κ3) is 3.99. The minimum absolute atomic E-state index is 0.146. The highest BCUT2D eigenvalue weighted by molar-refractivity contribution is 7.91. The summed E-state index contributed by atoms with van der Waals surface area (Å²) in [4.78, 5) is 11.7. The lowest BCUT2D eigenvalue weighted by Crippen LogP contribution is -2.17. The first-order valence-electron chi connectivity index (χ1n) is 6.34. The number of ether oxygens (including phenoxy) is 1. The average molecular weight is 340 g/mol. The van der Waals surface area contributed by atoms with Gasteiger partial charge in [0.25, 0.3) is 0 Å². The lowest BCUT2D eigenvalue weighted by atomic mass is 10.2. The molecule has 22 heavy (non-hydrogen) atoms. The van der Waals surface area contributed by atoms with Gasteiger partial charge in [-0.1, -0.05) is 41.9 Å². The molecule has 0 spiro atoms. The van der Waals surface area contributed by atoms with Crippen molar-refractivity contribution >= 4 is 33.3 Å². The number of sulfonamides is 1. The number of halogens is 1. The van der Waals surface area contributed by atoms with E-state index in [0.717, 1.165) is 0 Å². The second-order valence-corrected chi connectivity index (χ2v) is 6.62. The number of carbonyl (C=O) groups is 1. The molecule has 0 saturated heterocycles. The molecule has 0 aliphatic heterocycles. The fraction of sp³-hybridized carbons (Fsp3) is 0.133. The van der Waals surface area contributed by atoms with E-state index in [9.17, 15) is 13.2 Å². The van der Waals surface area contributed by atoms with Gasteiger partial charge in [0.05, 0.1) is 24.1 Å². The summed E-state index contributed by atoms with van der Waals surface area (Å²) in [6, 6.07) is 12.9. The molecule has 5 nitrogen and oxygen atoms in total. The lowest BCUT2D eigenvalue weighted by molar-refractivity contribution is 0.0602. The van der Waals surface area contributed by atoms with Crippen molar-refractivity contribution in [3.05, 3.63) is 64.7 Å². The van der Waals surface area contributed by atoms with Gasteiger partial charge < -0.3 is 4.74 Å². The highest BCUT2D eigenvalue weighted by atomic mass is 35.5. The molecule has 0 aromatic heterocycles. The normalized spacial score (nSPS) is 11.0. The van der Waals surface area contributed by atoms with Crippen molar-refractivity contribution in [1.82, 2.24) is 0 Å². The average Bonchev–Trinajstić information content (AvgIpc) is 2.49. The van der Waals surface area contributed by atoms with Crippen LogP contribution in [-0.4, -0.2) is 21.5 Å². The number of esters is 1. The highest BCUT2D eigenvalue weighted by Gasteiger charge is 2.18. The van der Waals surface area contributed by atoms with Gasteiger partial charge in [0.2, 0.25) is 10.0 Å².